The van der Waals surface area contributed by atoms with Gasteiger partial charge in [-0.2, -0.15) is 0 Å². The Bertz CT molecular complexity index is 637. The van der Waals surface area contributed by atoms with Crippen LogP contribution in [0, 0.1) is 0 Å². The number of rotatable bonds is 3. The maximum absolute atomic E-state index is 11.5. The lowest BCUT2D eigenvalue weighted by Gasteiger charge is -2.05. The first-order valence-electron chi connectivity index (χ1n) is 5.24. The highest BCUT2D eigenvalue weighted by atomic mass is 16.5. The molecule has 0 radical (unpaired) electrons. The van der Waals surface area contributed by atoms with Crippen molar-refractivity contribution in [3.8, 4) is 17.3 Å². The third-order valence-electron chi connectivity index (χ3n) is 2.56. The van der Waals surface area contributed by atoms with Gasteiger partial charge in [-0.25, -0.2) is 4.68 Å². The van der Waals surface area contributed by atoms with Crippen LogP contribution in [0.1, 0.15) is 17.3 Å². The summed E-state index contributed by atoms with van der Waals surface area (Å²) < 4.78 is 6.16. The molecule has 1 aromatic heterocycles. The van der Waals surface area contributed by atoms with E-state index in [1.165, 1.54) is 14.0 Å². The number of aromatic amines is 1. The molecule has 0 saturated heterocycles. The van der Waals surface area contributed by atoms with Crippen LogP contribution in [0.25, 0.3) is 5.69 Å². The second-order valence-corrected chi connectivity index (χ2v) is 3.73. The van der Waals surface area contributed by atoms with Crippen molar-refractivity contribution in [2.75, 3.05) is 7.11 Å². The minimum Gasteiger partial charge on any atom is -0.497 e. The summed E-state index contributed by atoms with van der Waals surface area (Å²) >= 11 is 0. The zero-order valence-corrected chi connectivity index (χ0v) is 9.93. The zero-order chi connectivity index (χ0) is 13.3. The van der Waals surface area contributed by atoms with Crippen LogP contribution in [0.2, 0.25) is 0 Å². The predicted octanol–water partition coefficient (Wildman–Crippen LogP) is 1.08. The van der Waals surface area contributed by atoms with Gasteiger partial charge >= 0.3 is 0 Å². The Labute approximate surface area is 102 Å². The summed E-state index contributed by atoms with van der Waals surface area (Å²) in [5.74, 6) is -0.224. The molecule has 6 heteroatoms. The van der Waals surface area contributed by atoms with E-state index in [1.807, 2.05) is 0 Å². The van der Waals surface area contributed by atoms with Crippen molar-refractivity contribution < 1.29 is 14.6 Å². The minimum absolute atomic E-state index is 0.245. The van der Waals surface area contributed by atoms with E-state index in [1.54, 1.807) is 24.3 Å². The predicted molar refractivity (Wildman–Crippen MR) is 64.6 cm³/mol. The number of ether oxygens (including phenoxy) is 1. The second kappa shape index (κ2) is 4.40. The molecule has 0 fully saturated rings. The van der Waals surface area contributed by atoms with Gasteiger partial charge in [-0.15, -0.1) is 0 Å². The number of aromatic nitrogens is 2. The molecule has 18 heavy (non-hydrogen) atoms. The number of carbonyl (C=O) groups excluding carboxylic acids is 1. The SMILES string of the molecule is COc1ccc(-n2[nH]c(=O)c(C(C)=O)c2O)cc1. The first kappa shape index (κ1) is 12.0. The fourth-order valence-corrected chi connectivity index (χ4v) is 1.66. The Morgan fingerprint density at radius 2 is 1.94 bits per heavy atom. The largest absolute Gasteiger partial charge is 0.497 e. The summed E-state index contributed by atoms with van der Waals surface area (Å²) in [6.45, 7) is 1.22. The van der Waals surface area contributed by atoms with Crippen LogP contribution in [0.3, 0.4) is 0 Å². The summed E-state index contributed by atoms with van der Waals surface area (Å²) in [5.41, 5.74) is -0.334. The van der Waals surface area contributed by atoms with Gasteiger partial charge in [0.2, 0.25) is 5.88 Å². The van der Waals surface area contributed by atoms with Gasteiger partial charge in [0.15, 0.2) is 5.78 Å². The molecule has 0 aliphatic carbocycles. The molecule has 0 amide bonds. The molecular formula is C12H12N2O4. The van der Waals surface area contributed by atoms with E-state index in [9.17, 15) is 14.7 Å². The van der Waals surface area contributed by atoms with Gasteiger partial charge in [0.1, 0.15) is 11.3 Å². The number of carbonyl (C=O) groups is 1. The van der Waals surface area contributed by atoms with Crippen LogP contribution in [-0.4, -0.2) is 27.8 Å². The van der Waals surface area contributed by atoms with E-state index in [0.717, 1.165) is 4.68 Å². The molecule has 0 aliphatic rings. The van der Waals surface area contributed by atoms with Crippen molar-refractivity contribution in [2.24, 2.45) is 0 Å². The van der Waals surface area contributed by atoms with Gasteiger partial charge in [-0.05, 0) is 31.2 Å². The van der Waals surface area contributed by atoms with E-state index >= 15 is 0 Å². The highest BCUT2D eigenvalue weighted by Gasteiger charge is 2.18. The molecule has 1 aromatic carbocycles. The molecule has 0 bridgehead atoms. The van der Waals surface area contributed by atoms with E-state index in [-0.39, 0.29) is 5.56 Å². The Balaban J connectivity index is 2.54. The normalized spacial score (nSPS) is 10.3. The number of ketones is 1. The number of H-pyrrole nitrogens is 1. The van der Waals surface area contributed by atoms with E-state index in [4.69, 9.17) is 4.74 Å². The molecule has 1 heterocycles. The average molecular weight is 248 g/mol. The number of hydrogen-bond acceptors (Lipinski definition) is 4. The lowest BCUT2D eigenvalue weighted by molar-refractivity contribution is 0.101. The van der Waals surface area contributed by atoms with Crippen molar-refractivity contribution in [1.29, 1.82) is 0 Å². The van der Waals surface area contributed by atoms with Gasteiger partial charge in [0, 0.05) is 0 Å². The first-order valence-corrected chi connectivity index (χ1v) is 5.24. The quantitative estimate of drug-likeness (QED) is 0.796. The van der Waals surface area contributed by atoms with E-state index in [2.05, 4.69) is 5.10 Å². The Morgan fingerprint density at radius 3 is 2.39 bits per heavy atom. The standard InChI is InChI=1S/C12H12N2O4/c1-7(15)10-11(16)13-14(12(10)17)8-3-5-9(18-2)6-4-8/h3-6,17H,1-2H3,(H,13,16). The fourth-order valence-electron chi connectivity index (χ4n) is 1.66. The smallest absolute Gasteiger partial charge is 0.279 e. The zero-order valence-electron chi connectivity index (χ0n) is 9.93. The number of Topliss-reactive ketones (excluding diaryl/α,β-unsaturated/α-hetero) is 1. The van der Waals surface area contributed by atoms with Gasteiger partial charge < -0.3 is 9.84 Å². The molecule has 0 unspecified atom stereocenters. The van der Waals surface area contributed by atoms with Crippen LogP contribution in [0.15, 0.2) is 29.1 Å². The molecule has 2 rings (SSSR count). The molecular weight excluding hydrogens is 236 g/mol. The Hall–Kier alpha value is -2.50. The lowest BCUT2D eigenvalue weighted by atomic mass is 10.2. The molecule has 94 valence electrons. The number of methoxy groups -OCH3 is 1. The average Bonchev–Trinajstić information content (AvgIpc) is 2.65. The van der Waals surface area contributed by atoms with E-state index in [0.29, 0.717) is 11.4 Å². The Kier molecular flexibility index (Phi) is 2.93. The fraction of sp³-hybridized carbons (Fsp3) is 0.167. The van der Waals surface area contributed by atoms with Crippen LogP contribution in [0.5, 0.6) is 11.6 Å². The number of nitrogens with zero attached hydrogens (tertiary/aromatic N) is 1. The van der Waals surface area contributed by atoms with Crippen molar-refractivity contribution >= 4 is 5.78 Å². The third-order valence-corrected chi connectivity index (χ3v) is 2.56. The highest BCUT2D eigenvalue weighted by molar-refractivity contribution is 5.96. The molecule has 0 saturated carbocycles. The summed E-state index contributed by atoms with van der Waals surface area (Å²) in [6.07, 6.45) is 0. The highest BCUT2D eigenvalue weighted by Crippen LogP contribution is 2.20. The number of benzene rings is 1. The molecule has 0 spiro atoms. The summed E-state index contributed by atoms with van der Waals surface area (Å²) in [6, 6.07) is 6.66. The maximum atomic E-state index is 11.5. The van der Waals surface area contributed by atoms with Crippen LogP contribution >= 0.6 is 0 Å². The first-order chi connectivity index (χ1) is 8.54. The summed E-state index contributed by atoms with van der Waals surface area (Å²) in [5, 5.41) is 12.2. The second-order valence-electron chi connectivity index (χ2n) is 3.73. The number of aromatic hydroxyl groups is 1. The lowest BCUT2D eigenvalue weighted by Crippen LogP contribution is -2.10. The number of nitrogens with one attached hydrogen (secondary N) is 1. The topological polar surface area (TPSA) is 84.3 Å². The Morgan fingerprint density at radius 1 is 1.33 bits per heavy atom. The molecule has 2 N–H and O–H groups in total. The molecule has 0 atom stereocenters. The van der Waals surface area contributed by atoms with Crippen molar-refractivity contribution in [2.45, 2.75) is 6.92 Å². The minimum atomic E-state index is -0.615. The van der Waals surface area contributed by atoms with Crippen molar-refractivity contribution in [1.82, 2.24) is 9.78 Å². The van der Waals surface area contributed by atoms with Gasteiger partial charge in [0.05, 0.1) is 12.8 Å². The van der Waals surface area contributed by atoms with E-state index < -0.39 is 17.2 Å². The maximum Gasteiger partial charge on any atom is 0.279 e. The monoisotopic (exact) mass is 248 g/mol. The molecule has 6 nitrogen and oxygen atoms in total. The van der Waals surface area contributed by atoms with Crippen LogP contribution in [-0.2, 0) is 0 Å². The molecule has 2 aromatic rings. The van der Waals surface area contributed by atoms with Crippen LogP contribution < -0.4 is 10.3 Å². The van der Waals surface area contributed by atoms with Crippen molar-refractivity contribution in [3.05, 3.63) is 40.2 Å². The van der Waals surface area contributed by atoms with Crippen LogP contribution in [0.4, 0.5) is 0 Å². The third kappa shape index (κ3) is 1.88. The number of hydrogen-bond donors (Lipinski definition) is 2. The van der Waals surface area contributed by atoms with Gasteiger partial charge in [-0.1, -0.05) is 0 Å². The summed E-state index contributed by atoms with van der Waals surface area (Å²) in [4.78, 5) is 22.7. The summed E-state index contributed by atoms with van der Waals surface area (Å²) in [7, 11) is 1.54. The molecule has 0 aliphatic heterocycles. The van der Waals surface area contributed by atoms with Crippen molar-refractivity contribution in [3.63, 3.8) is 0 Å². The van der Waals surface area contributed by atoms with Gasteiger partial charge in [0.25, 0.3) is 5.56 Å². The van der Waals surface area contributed by atoms with Gasteiger partial charge in [-0.3, -0.25) is 14.7 Å².